The monoisotopic (exact) mass is 774 g/mol. The molecule has 0 aromatic heterocycles. The third-order valence-electron chi connectivity index (χ3n) is 12.2. The molecule has 4 heterocycles. The number of hydrogen-bond donors (Lipinski definition) is 3. The normalized spacial score (nSPS) is 40.8. The molecule has 13 heteroatoms. The van der Waals surface area contributed by atoms with Gasteiger partial charge in [-0.3, -0.25) is 0 Å². The molecule has 3 N–H and O–H groups in total. The van der Waals surface area contributed by atoms with Crippen molar-refractivity contribution < 1.29 is 53.3 Å². The molecule has 12 atom stereocenters. The first kappa shape index (κ1) is 35.8. The number of aliphatic hydroxyl groups is 3. The van der Waals surface area contributed by atoms with E-state index in [2.05, 4.69) is 6.58 Å². The number of aliphatic hydroxyl groups excluding tert-OH is 2. The smallest absolute Gasteiger partial charge is 0.339 e. The molecule has 4 bridgehead atoms. The number of fused-ring (bicyclic) bond motifs is 2. The van der Waals surface area contributed by atoms with Gasteiger partial charge in [0.05, 0.1) is 23.7 Å². The number of carbonyl (C=O) groups is 2. The van der Waals surface area contributed by atoms with Crippen LogP contribution in [0, 0.1) is 11.8 Å². The summed E-state index contributed by atoms with van der Waals surface area (Å²) in [6.45, 7) is 7.05. The molecule has 54 heavy (non-hydrogen) atoms. The predicted molar refractivity (Wildman–Crippen MR) is 192 cm³/mol. The number of ether oxygens (including phenoxy) is 6. The molecule has 11 nitrogen and oxygen atoms in total. The van der Waals surface area contributed by atoms with Gasteiger partial charge in [0.2, 0.25) is 0 Å². The van der Waals surface area contributed by atoms with Gasteiger partial charge in [0.1, 0.15) is 34.5 Å². The highest BCUT2D eigenvalue weighted by Crippen LogP contribution is 2.74. The van der Waals surface area contributed by atoms with Crippen LogP contribution < -0.4 is 0 Å². The van der Waals surface area contributed by atoms with Crippen molar-refractivity contribution in [3.8, 4) is 0 Å². The zero-order valence-electron chi connectivity index (χ0n) is 29.1. The van der Waals surface area contributed by atoms with Gasteiger partial charge in [-0.2, -0.15) is 0 Å². The first-order valence-corrected chi connectivity index (χ1v) is 18.4. The van der Waals surface area contributed by atoms with Crippen molar-refractivity contribution >= 4 is 35.1 Å². The van der Waals surface area contributed by atoms with E-state index in [0.717, 1.165) is 0 Å². The lowest BCUT2D eigenvalue weighted by molar-refractivity contribution is -0.570. The van der Waals surface area contributed by atoms with Crippen molar-refractivity contribution in [1.29, 1.82) is 0 Å². The van der Waals surface area contributed by atoms with E-state index >= 15 is 0 Å². The largest absolute Gasteiger partial charge is 0.452 e. The maximum atomic E-state index is 14.1. The summed E-state index contributed by atoms with van der Waals surface area (Å²) in [4.78, 5) is 28.0. The summed E-state index contributed by atoms with van der Waals surface area (Å²) in [6.07, 6.45) is -5.51. The van der Waals surface area contributed by atoms with Crippen molar-refractivity contribution in [3.63, 3.8) is 0 Å². The zero-order chi connectivity index (χ0) is 38.0. The van der Waals surface area contributed by atoms with Gasteiger partial charge >= 0.3 is 17.9 Å². The fourth-order valence-corrected chi connectivity index (χ4v) is 10.1. The summed E-state index contributed by atoms with van der Waals surface area (Å²) in [5, 5.41) is 36.7. The van der Waals surface area contributed by atoms with E-state index in [4.69, 9.17) is 51.6 Å². The van der Waals surface area contributed by atoms with Crippen LogP contribution in [0.2, 0.25) is 0 Å². The summed E-state index contributed by atoms with van der Waals surface area (Å²) in [6, 6.07) is 25.4. The number of esters is 2. The number of carbonyl (C=O) groups excluding carboxylic acids is 2. The molecule has 10 rings (SSSR count). The van der Waals surface area contributed by atoms with Gasteiger partial charge in [-0.25, -0.2) is 9.59 Å². The zero-order valence-corrected chi connectivity index (χ0v) is 30.6. The molecule has 7 aliphatic rings. The lowest BCUT2D eigenvalue weighted by Gasteiger charge is -2.72. The Kier molecular flexibility index (Phi) is 7.99. The van der Waals surface area contributed by atoms with Crippen LogP contribution in [0.5, 0.6) is 0 Å². The first-order chi connectivity index (χ1) is 25.8. The standard InChI is InChI=1S/C41H36Cl2O11/c1-21(2)39(53-35(47)24-15-9-5-10-16-24)30-22(3)40-27-19-26(33(42)43)29(45)38(27,48)36(49-34(46)23-13-7-4-8-14-23)37(20-44)31(50-37)28(40)32(39)52-41(51-30,54-40)25-17-11-6-12-18-25/h4-19,22,28-32,36,44-45,48H,1,20H2,2-3H3. The van der Waals surface area contributed by atoms with Crippen LogP contribution in [0.1, 0.15) is 40.1 Å². The number of halogens is 2. The Morgan fingerprint density at radius 1 is 0.852 bits per heavy atom. The third-order valence-corrected chi connectivity index (χ3v) is 12.7. The van der Waals surface area contributed by atoms with Crippen molar-refractivity contribution in [2.45, 2.75) is 72.7 Å². The van der Waals surface area contributed by atoms with Crippen LogP contribution >= 0.6 is 23.2 Å². The Morgan fingerprint density at radius 2 is 1.43 bits per heavy atom. The SMILES string of the molecule is C=C(C)C1(OC(=O)c2ccccc2)C2OC3(c4ccccc4)OC1C1C4OC4(CO)C(OC(=O)c4ccccc4)C4(O)C(=CC(=C(Cl)Cl)C4O)C1(O3)C2C. The van der Waals surface area contributed by atoms with Crippen molar-refractivity contribution in [2.24, 2.45) is 11.8 Å². The average Bonchev–Trinajstić information content (AvgIpc) is 3.85. The molecule has 4 saturated heterocycles. The molecule has 4 aliphatic heterocycles. The molecule has 2 saturated carbocycles. The van der Waals surface area contributed by atoms with Crippen LogP contribution in [0.4, 0.5) is 0 Å². The minimum Gasteiger partial charge on any atom is -0.452 e. The summed E-state index contributed by atoms with van der Waals surface area (Å²) in [5.74, 6) is -5.36. The number of epoxide rings is 1. The Bertz CT molecular complexity index is 2130. The molecule has 0 amide bonds. The fraction of sp³-hybridized carbons (Fsp3) is 0.366. The minimum absolute atomic E-state index is 0.0508. The highest BCUT2D eigenvalue weighted by Gasteiger charge is 2.90. The maximum absolute atomic E-state index is 14.1. The third kappa shape index (κ3) is 4.44. The molecule has 3 aliphatic carbocycles. The van der Waals surface area contributed by atoms with Gasteiger partial charge < -0.3 is 43.7 Å². The van der Waals surface area contributed by atoms with Gasteiger partial charge in [0.25, 0.3) is 0 Å². The second-order valence-corrected chi connectivity index (χ2v) is 15.8. The molecular formula is C41H36Cl2O11. The van der Waals surface area contributed by atoms with Crippen LogP contribution in [0.3, 0.4) is 0 Å². The summed E-state index contributed by atoms with van der Waals surface area (Å²) >= 11 is 12.8. The molecule has 1 spiro atoms. The quantitative estimate of drug-likeness (QED) is 0.171. The predicted octanol–water partition coefficient (Wildman–Crippen LogP) is 4.88. The Labute approximate surface area is 320 Å². The molecule has 3 aromatic carbocycles. The topological polar surface area (TPSA) is 154 Å². The van der Waals surface area contributed by atoms with Crippen molar-refractivity contribution in [2.75, 3.05) is 6.61 Å². The highest BCUT2D eigenvalue weighted by atomic mass is 35.5. The molecule has 12 unspecified atom stereocenters. The average molecular weight is 776 g/mol. The van der Waals surface area contributed by atoms with Crippen LogP contribution in [0.25, 0.3) is 0 Å². The van der Waals surface area contributed by atoms with Gasteiger partial charge in [-0.15, -0.1) is 0 Å². The summed E-state index contributed by atoms with van der Waals surface area (Å²) in [5.41, 5.74) is -6.56. The van der Waals surface area contributed by atoms with E-state index in [-0.39, 0.29) is 26.8 Å². The second-order valence-electron chi connectivity index (χ2n) is 14.8. The van der Waals surface area contributed by atoms with Crippen molar-refractivity contribution in [3.05, 3.63) is 142 Å². The molecule has 6 fully saturated rings. The van der Waals surface area contributed by atoms with E-state index in [1.807, 2.05) is 6.07 Å². The van der Waals surface area contributed by atoms with Gasteiger partial charge in [-0.1, -0.05) is 103 Å². The maximum Gasteiger partial charge on any atom is 0.339 e. The fourth-order valence-electron chi connectivity index (χ4n) is 9.79. The number of benzene rings is 3. The Hall–Kier alpha value is -3.88. The van der Waals surface area contributed by atoms with Gasteiger partial charge in [-0.05, 0) is 42.8 Å². The lowest BCUT2D eigenvalue weighted by atomic mass is 9.53. The first-order valence-electron chi connectivity index (χ1n) is 17.6. The molecular weight excluding hydrogens is 739 g/mol. The molecule has 0 radical (unpaired) electrons. The summed E-state index contributed by atoms with van der Waals surface area (Å²) < 4.78 is 39.8. The number of hydrogen-bond acceptors (Lipinski definition) is 11. The van der Waals surface area contributed by atoms with Gasteiger partial charge in [0.15, 0.2) is 22.9 Å². The number of rotatable bonds is 7. The van der Waals surface area contributed by atoms with E-state index in [9.17, 15) is 24.9 Å². The second kappa shape index (κ2) is 12.1. The van der Waals surface area contributed by atoms with E-state index in [0.29, 0.717) is 11.1 Å². The molecule has 3 aromatic rings. The van der Waals surface area contributed by atoms with Gasteiger partial charge in [0, 0.05) is 22.6 Å². The van der Waals surface area contributed by atoms with Crippen molar-refractivity contribution in [1.82, 2.24) is 0 Å². The Morgan fingerprint density at radius 3 is 2.00 bits per heavy atom. The van der Waals surface area contributed by atoms with Crippen LogP contribution in [0.15, 0.2) is 125 Å². The van der Waals surface area contributed by atoms with Crippen LogP contribution in [-0.2, 0) is 34.4 Å². The lowest BCUT2D eigenvalue weighted by Crippen LogP contribution is -2.85. The van der Waals surface area contributed by atoms with E-state index in [1.165, 1.54) is 18.2 Å². The Balaban J connectivity index is 1.30. The van der Waals surface area contributed by atoms with Crippen LogP contribution in [-0.4, -0.2) is 86.8 Å². The summed E-state index contributed by atoms with van der Waals surface area (Å²) in [7, 11) is 0. The minimum atomic E-state index is -2.55. The molecule has 280 valence electrons. The van der Waals surface area contributed by atoms with E-state index < -0.39 is 89.3 Å². The van der Waals surface area contributed by atoms with E-state index in [1.54, 1.807) is 86.6 Å². The highest BCUT2D eigenvalue weighted by molar-refractivity contribution is 6.56.